The fourth-order valence-electron chi connectivity index (χ4n) is 2.87. The van der Waals surface area contributed by atoms with Gasteiger partial charge in [0.25, 0.3) is 0 Å². The predicted molar refractivity (Wildman–Crippen MR) is 122 cm³/mol. The molecule has 4 rings (SSSR count). The van der Waals surface area contributed by atoms with Gasteiger partial charge in [-0.05, 0) is 55.3 Å². The minimum atomic E-state index is -3.50. The van der Waals surface area contributed by atoms with Crippen LogP contribution in [0.4, 0.5) is 5.69 Å². The number of hydrogen-bond donors (Lipinski definition) is 3. The summed E-state index contributed by atoms with van der Waals surface area (Å²) in [5.74, 6) is 0.617. The van der Waals surface area contributed by atoms with Crippen molar-refractivity contribution < 1.29 is 17.6 Å². The van der Waals surface area contributed by atoms with Crippen molar-refractivity contribution in [1.29, 1.82) is 0 Å². The molecule has 1 aliphatic rings. The molecule has 32 heavy (non-hydrogen) atoms. The van der Waals surface area contributed by atoms with Crippen LogP contribution in [0.5, 0.6) is 0 Å². The largest absolute Gasteiger partial charge is 0.441 e. The van der Waals surface area contributed by atoms with E-state index in [2.05, 4.69) is 20.6 Å². The van der Waals surface area contributed by atoms with Crippen LogP contribution in [0.15, 0.2) is 58.0 Å². The van der Waals surface area contributed by atoms with Crippen molar-refractivity contribution in [3.63, 3.8) is 0 Å². The molecule has 3 aromatic rings. The number of hydrogen-bond acceptors (Lipinski definition) is 6. The summed E-state index contributed by atoms with van der Waals surface area (Å²) in [5.41, 5.74) is 6.55. The van der Waals surface area contributed by atoms with Crippen LogP contribution in [-0.2, 0) is 21.2 Å². The second-order valence-electron chi connectivity index (χ2n) is 7.34. The molecule has 168 valence electrons. The number of rotatable bonds is 9. The van der Waals surface area contributed by atoms with Gasteiger partial charge in [0.05, 0.1) is 21.8 Å². The van der Waals surface area contributed by atoms with Crippen molar-refractivity contribution in [2.24, 2.45) is 0 Å². The Bertz CT molecular complexity index is 1220. The first-order valence-electron chi connectivity index (χ1n) is 9.87. The zero-order valence-corrected chi connectivity index (χ0v) is 19.1. The first kappa shape index (κ1) is 22.6. The Kier molecular flexibility index (Phi) is 6.71. The molecule has 1 saturated carbocycles. The fourth-order valence-corrected chi connectivity index (χ4v) is 4.68. The topological polar surface area (TPSA) is 113 Å². The Labute approximate surface area is 195 Å². The first-order chi connectivity index (χ1) is 15.3. The number of benzene rings is 2. The molecule has 1 aromatic heterocycles. The van der Waals surface area contributed by atoms with Crippen LogP contribution >= 0.6 is 23.2 Å². The minimum absolute atomic E-state index is 0.0417. The number of sulfonamides is 1. The zero-order chi connectivity index (χ0) is 22.7. The third kappa shape index (κ3) is 5.80. The number of carbonyl (C=O) groups is 1. The standard InChI is InChI=1S/C21H20Cl2N4O4S/c22-13-1-8-17(18(23)11-13)19-12-24-21(31-19)10-9-20(28)26-25-14-4-6-16(7-5-14)32(29,30)27-15-2-3-15/h1,4-8,11-12,15,25,27H,2-3,9-10H2,(H,26,28). The van der Waals surface area contributed by atoms with Gasteiger partial charge in [0.2, 0.25) is 15.9 Å². The molecule has 0 atom stereocenters. The number of amides is 1. The number of anilines is 1. The summed E-state index contributed by atoms with van der Waals surface area (Å²) in [4.78, 5) is 16.5. The van der Waals surface area contributed by atoms with Gasteiger partial charge in [-0.2, -0.15) is 0 Å². The summed E-state index contributed by atoms with van der Waals surface area (Å²) < 4.78 is 32.7. The van der Waals surface area contributed by atoms with Crippen molar-refractivity contribution in [3.05, 3.63) is 64.6 Å². The van der Waals surface area contributed by atoms with Gasteiger partial charge in [0.1, 0.15) is 0 Å². The number of nitrogens with zero attached hydrogens (tertiary/aromatic N) is 1. The van der Waals surface area contributed by atoms with Crippen molar-refractivity contribution in [2.45, 2.75) is 36.6 Å². The van der Waals surface area contributed by atoms with Gasteiger partial charge < -0.3 is 4.42 Å². The summed E-state index contributed by atoms with van der Waals surface area (Å²) in [6.07, 6.45) is 3.72. The number of halogens is 2. The van der Waals surface area contributed by atoms with Gasteiger partial charge in [0, 0.05) is 29.5 Å². The molecule has 1 aliphatic carbocycles. The van der Waals surface area contributed by atoms with Gasteiger partial charge in [0.15, 0.2) is 11.7 Å². The van der Waals surface area contributed by atoms with E-state index in [4.69, 9.17) is 27.6 Å². The number of nitrogens with one attached hydrogen (secondary N) is 3. The smallest absolute Gasteiger partial charge is 0.240 e. The Balaban J connectivity index is 1.26. The van der Waals surface area contributed by atoms with Gasteiger partial charge >= 0.3 is 0 Å². The number of oxazole rings is 1. The lowest BCUT2D eigenvalue weighted by molar-refractivity contribution is -0.120. The van der Waals surface area contributed by atoms with Crippen LogP contribution < -0.4 is 15.6 Å². The molecule has 1 heterocycles. The fraction of sp³-hybridized carbons (Fsp3) is 0.238. The van der Waals surface area contributed by atoms with Crippen LogP contribution in [0, 0.1) is 0 Å². The van der Waals surface area contributed by atoms with E-state index in [9.17, 15) is 13.2 Å². The average molecular weight is 495 g/mol. The lowest BCUT2D eigenvalue weighted by Crippen LogP contribution is -2.29. The Morgan fingerprint density at radius 3 is 2.56 bits per heavy atom. The molecule has 0 unspecified atom stereocenters. The maximum Gasteiger partial charge on any atom is 0.240 e. The zero-order valence-electron chi connectivity index (χ0n) is 16.8. The maximum absolute atomic E-state index is 12.2. The molecule has 3 N–H and O–H groups in total. The monoisotopic (exact) mass is 494 g/mol. The molecule has 0 spiro atoms. The molecule has 0 bridgehead atoms. The molecular weight excluding hydrogens is 475 g/mol. The van der Waals surface area contributed by atoms with E-state index in [1.54, 1.807) is 36.5 Å². The Morgan fingerprint density at radius 2 is 1.88 bits per heavy atom. The highest BCUT2D eigenvalue weighted by atomic mass is 35.5. The van der Waals surface area contributed by atoms with Crippen LogP contribution in [0.3, 0.4) is 0 Å². The first-order valence-corrected chi connectivity index (χ1v) is 12.1. The lowest BCUT2D eigenvalue weighted by atomic mass is 10.2. The van der Waals surface area contributed by atoms with Crippen molar-refractivity contribution in [3.8, 4) is 11.3 Å². The van der Waals surface area contributed by atoms with Crippen molar-refractivity contribution in [1.82, 2.24) is 15.1 Å². The van der Waals surface area contributed by atoms with Crippen molar-refractivity contribution in [2.75, 3.05) is 5.43 Å². The predicted octanol–water partition coefficient (Wildman–Crippen LogP) is 4.17. The van der Waals surface area contributed by atoms with E-state index in [0.29, 0.717) is 39.4 Å². The SMILES string of the molecule is O=C(CCc1ncc(-c2ccc(Cl)cc2Cl)o1)NNc1ccc(S(=O)(=O)NC2CC2)cc1. The van der Waals surface area contributed by atoms with Crippen LogP contribution in [0.25, 0.3) is 11.3 Å². The summed E-state index contributed by atoms with van der Waals surface area (Å²) in [6, 6.07) is 11.2. The van der Waals surface area contributed by atoms with Gasteiger partial charge in [-0.1, -0.05) is 23.2 Å². The summed E-state index contributed by atoms with van der Waals surface area (Å²) >= 11 is 12.1. The van der Waals surface area contributed by atoms with Gasteiger partial charge in [-0.25, -0.2) is 18.1 Å². The van der Waals surface area contributed by atoms with E-state index < -0.39 is 10.0 Å². The molecule has 8 nitrogen and oxygen atoms in total. The second-order valence-corrected chi connectivity index (χ2v) is 9.89. The number of hydrazine groups is 1. The molecular formula is C21H20Cl2N4O4S. The Morgan fingerprint density at radius 1 is 1.12 bits per heavy atom. The van der Waals surface area contributed by atoms with Crippen LogP contribution in [-0.4, -0.2) is 25.4 Å². The molecule has 0 aliphatic heterocycles. The van der Waals surface area contributed by atoms with E-state index in [1.807, 2.05) is 0 Å². The van der Waals surface area contributed by atoms with E-state index in [1.165, 1.54) is 12.1 Å². The third-order valence-corrected chi connectivity index (χ3v) is 6.81. The highest BCUT2D eigenvalue weighted by molar-refractivity contribution is 7.89. The average Bonchev–Trinajstić information content (AvgIpc) is 3.43. The van der Waals surface area contributed by atoms with Gasteiger partial charge in [-0.3, -0.25) is 15.6 Å². The van der Waals surface area contributed by atoms with Crippen LogP contribution in [0.1, 0.15) is 25.2 Å². The van der Waals surface area contributed by atoms with E-state index in [-0.39, 0.29) is 23.3 Å². The Hall–Kier alpha value is -2.59. The number of aryl methyl sites for hydroxylation is 1. The van der Waals surface area contributed by atoms with Crippen LogP contribution in [0.2, 0.25) is 10.0 Å². The molecule has 11 heteroatoms. The summed E-state index contributed by atoms with van der Waals surface area (Å²) in [7, 11) is -3.50. The maximum atomic E-state index is 12.2. The quantitative estimate of drug-likeness (QED) is 0.384. The third-order valence-electron chi connectivity index (χ3n) is 4.73. The van der Waals surface area contributed by atoms with E-state index in [0.717, 1.165) is 12.8 Å². The number of carbonyl (C=O) groups excluding carboxylic acids is 1. The molecule has 0 radical (unpaired) electrons. The van der Waals surface area contributed by atoms with E-state index >= 15 is 0 Å². The van der Waals surface area contributed by atoms with Crippen molar-refractivity contribution >= 4 is 44.8 Å². The summed E-state index contributed by atoms with van der Waals surface area (Å²) in [5, 5.41) is 0.970. The number of aromatic nitrogens is 1. The summed E-state index contributed by atoms with van der Waals surface area (Å²) in [6.45, 7) is 0. The molecule has 0 saturated heterocycles. The highest BCUT2D eigenvalue weighted by Crippen LogP contribution is 2.31. The lowest BCUT2D eigenvalue weighted by Gasteiger charge is -2.09. The minimum Gasteiger partial charge on any atom is -0.441 e. The van der Waals surface area contributed by atoms with Gasteiger partial charge in [-0.15, -0.1) is 0 Å². The normalized spacial score (nSPS) is 13.7. The molecule has 1 amide bonds. The molecule has 1 fully saturated rings. The highest BCUT2D eigenvalue weighted by Gasteiger charge is 2.27. The second kappa shape index (κ2) is 9.50. The molecule has 2 aromatic carbocycles.